The SMILES string of the molecule is CC(C)COc1cc(F)cc(-c2ccc(C(C)(C)C)c(Cl)n2)c1. The van der Waals surface area contributed by atoms with Gasteiger partial charge in [-0.25, -0.2) is 9.37 Å². The van der Waals surface area contributed by atoms with E-state index in [0.29, 0.717) is 34.7 Å². The van der Waals surface area contributed by atoms with E-state index in [-0.39, 0.29) is 11.2 Å². The van der Waals surface area contributed by atoms with E-state index in [1.54, 1.807) is 6.07 Å². The van der Waals surface area contributed by atoms with Gasteiger partial charge in [0.15, 0.2) is 0 Å². The Hall–Kier alpha value is -1.61. The summed E-state index contributed by atoms with van der Waals surface area (Å²) in [5.74, 6) is 0.533. The predicted octanol–water partition coefficient (Wildman–Crippen LogP) is 5.87. The number of pyridine rings is 1. The van der Waals surface area contributed by atoms with Gasteiger partial charge in [-0.05, 0) is 35.1 Å². The molecule has 0 spiro atoms. The normalized spacial score (nSPS) is 11.8. The highest BCUT2D eigenvalue weighted by Gasteiger charge is 2.19. The van der Waals surface area contributed by atoms with Gasteiger partial charge in [0.05, 0.1) is 12.3 Å². The summed E-state index contributed by atoms with van der Waals surface area (Å²) >= 11 is 6.31. The molecule has 0 radical (unpaired) electrons. The van der Waals surface area contributed by atoms with E-state index >= 15 is 0 Å². The lowest BCUT2D eigenvalue weighted by molar-refractivity contribution is 0.270. The Morgan fingerprint density at radius 3 is 2.43 bits per heavy atom. The molecule has 0 saturated heterocycles. The van der Waals surface area contributed by atoms with E-state index in [0.717, 1.165) is 5.56 Å². The molecule has 2 rings (SSSR count). The van der Waals surface area contributed by atoms with E-state index < -0.39 is 0 Å². The van der Waals surface area contributed by atoms with Crippen LogP contribution in [0, 0.1) is 11.7 Å². The second-order valence-electron chi connectivity index (χ2n) is 7.17. The van der Waals surface area contributed by atoms with Crippen molar-refractivity contribution in [2.75, 3.05) is 6.61 Å². The summed E-state index contributed by atoms with van der Waals surface area (Å²) in [5, 5.41) is 0.448. The van der Waals surface area contributed by atoms with Crippen molar-refractivity contribution in [1.29, 1.82) is 0 Å². The Kier molecular flexibility index (Phi) is 5.30. The maximum absolute atomic E-state index is 13.9. The van der Waals surface area contributed by atoms with Gasteiger partial charge in [-0.3, -0.25) is 0 Å². The second-order valence-corrected chi connectivity index (χ2v) is 7.52. The molecule has 0 unspecified atom stereocenters. The largest absolute Gasteiger partial charge is 0.493 e. The van der Waals surface area contributed by atoms with Gasteiger partial charge in [-0.2, -0.15) is 0 Å². The van der Waals surface area contributed by atoms with Crippen molar-refractivity contribution in [2.45, 2.75) is 40.0 Å². The molecular weight excluding hydrogens is 313 g/mol. The summed E-state index contributed by atoms with van der Waals surface area (Å²) in [7, 11) is 0. The lowest BCUT2D eigenvalue weighted by atomic mass is 9.88. The first-order valence-corrected chi connectivity index (χ1v) is 8.15. The Bertz CT molecular complexity index is 692. The minimum atomic E-state index is -0.348. The lowest BCUT2D eigenvalue weighted by Gasteiger charge is -2.20. The summed E-state index contributed by atoms with van der Waals surface area (Å²) in [4.78, 5) is 4.43. The average molecular weight is 336 g/mol. The third-order valence-corrected chi connectivity index (χ3v) is 3.70. The van der Waals surface area contributed by atoms with Crippen LogP contribution in [0.3, 0.4) is 0 Å². The maximum atomic E-state index is 13.9. The van der Waals surface area contributed by atoms with Crippen molar-refractivity contribution in [1.82, 2.24) is 4.98 Å². The van der Waals surface area contributed by atoms with Crippen LogP contribution >= 0.6 is 11.6 Å². The molecule has 1 heterocycles. The molecule has 0 atom stereocenters. The van der Waals surface area contributed by atoms with Crippen molar-refractivity contribution in [2.24, 2.45) is 5.92 Å². The molecule has 2 aromatic rings. The Balaban J connectivity index is 2.36. The van der Waals surface area contributed by atoms with E-state index in [2.05, 4.69) is 25.8 Å². The first-order chi connectivity index (χ1) is 10.7. The fraction of sp³-hybridized carbons (Fsp3) is 0.421. The van der Waals surface area contributed by atoms with Crippen molar-refractivity contribution in [3.8, 4) is 17.0 Å². The Labute approximate surface area is 142 Å². The van der Waals surface area contributed by atoms with Crippen molar-refractivity contribution in [3.05, 3.63) is 46.9 Å². The summed E-state index contributed by atoms with van der Waals surface area (Å²) in [6.07, 6.45) is 0. The third kappa shape index (κ3) is 4.68. The minimum absolute atomic E-state index is 0.0872. The van der Waals surface area contributed by atoms with E-state index in [9.17, 15) is 4.39 Å². The molecule has 124 valence electrons. The van der Waals surface area contributed by atoms with Gasteiger partial charge in [-0.15, -0.1) is 0 Å². The molecule has 0 amide bonds. The fourth-order valence-electron chi connectivity index (χ4n) is 2.21. The zero-order chi connectivity index (χ0) is 17.2. The van der Waals surface area contributed by atoms with Crippen LogP contribution in [0.25, 0.3) is 11.3 Å². The summed E-state index contributed by atoms with van der Waals surface area (Å²) in [5.41, 5.74) is 2.18. The van der Waals surface area contributed by atoms with E-state index in [1.165, 1.54) is 12.1 Å². The molecule has 1 aromatic carbocycles. The molecule has 1 aromatic heterocycles. The molecule has 0 fully saturated rings. The van der Waals surface area contributed by atoms with Gasteiger partial charge >= 0.3 is 0 Å². The Morgan fingerprint density at radius 2 is 1.87 bits per heavy atom. The Morgan fingerprint density at radius 1 is 1.17 bits per heavy atom. The molecule has 2 nitrogen and oxygen atoms in total. The molecule has 0 N–H and O–H groups in total. The van der Waals surface area contributed by atoms with E-state index in [1.807, 2.05) is 26.0 Å². The van der Waals surface area contributed by atoms with Gasteiger partial charge in [-0.1, -0.05) is 52.3 Å². The lowest BCUT2D eigenvalue weighted by Crippen LogP contribution is -2.12. The average Bonchev–Trinajstić information content (AvgIpc) is 2.43. The van der Waals surface area contributed by atoms with Crippen LogP contribution in [-0.2, 0) is 5.41 Å². The maximum Gasteiger partial charge on any atom is 0.133 e. The molecule has 23 heavy (non-hydrogen) atoms. The van der Waals surface area contributed by atoms with Crippen LogP contribution in [-0.4, -0.2) is 11.6 Å². The van der Waals surface area contributed by atoms with Gasteiger partial charge in [0.1, 0.15) is 16.7 Å². The van der Waals surface area contributed by atoms with Gasteiger partial charge < -0.3 is 4.74 Å². The summed E-state index contributed by atoms with van der Waals surface area (Å²) in [6.45, 7) is 10.9. The molecule has 0 aliphatic heterocycles. The van der Waals surface area contributed by atoms with Crippen molar-refractivity contribution in [3.63, 3.8) is 0 Å². The quantitative estimate of drug-likeness (QED) is 0.651. The first kappa shape index (κ1) is 17.7. The molecule has 0 saturated carbocycles. The molecular formula is C19H23ClFNO. The zero-order valence-corrected chi connectivity index (χ0v) is 15.0. The monoisotopic (exact) mass is 335 g/mol. The van der Waals surface area contributed by atoms with Crippen molar-refractivity contribution < 1.29 is 9.13 Å². The first-order valence-electron chi connectivity index (χ1n) is 7.77. The highest BCUT2D eigenvalue weighted by molar-refractivity contribution is 6.30. The predicted molar refractivity (Wildman–Crippen MR) is 93.7 cm³/mol. The van der Waals surface area contributed by atoms with Crippen LogP contribution in [0.5, 0.6) is 5.75 Å². The topological polar surface area (TPSA) is 22.1 Å². The van der Waals surface area contributed by atoms with E-state index in [4.69, 9.17) is 16.3 Å². The van der Waals surface area contributed by atoms with Crippen LogP contribution in [0.1, 0.15) is 40.2 Å². The van der Waals surface area contributed by atoms with Gasteiger partial charge in [0.25, 0.3) is 0 Å². The second kappa shape index (κ2) is 6.88. The number of benzene rings is 1. The number of rotatable bonds is 4. The summed E-state index contributed by atoms with van der Waals surface area (Å²) < 4.78 is 19.5. The standard InChI is InChI=1S/C19H23ClFNO/c1-12(2)11-23-15-9-13(8-14(21)10-15)17-7-6-16(18(20)22-17)19(3,4)5/h6-10,12H,11H2,1-5H3. The number of aromatic nitrogens is 1. The fourth-order valence-corrected chi connectivity index (χ4v) is 2.65. The smallest absolute Gasteiger partial charge is 0.133 e. The zero-order valence-electron chi connectivity index (χ0n) is 14.3. The minimum Gasteiger partial charge on any atom is -0.493 e. The van der Waals surface area contributed by atoms with Crippen molar-refractivity contribution >= 4 is 11.6 Å². The van der Waals surface area contributed by atoms with Crippen LogP contribution in [0.2, 0.25) is 5.15 Å². The highest BCUT2D eigenvalue weighted by Crippen LogP contribution is 2.31. The van der Waals surface area contributed by atoms with Gasteiger partial charge in [0.2, 0.25) is 0 Å². The molecule has 4 heteroatoms. The molecule has 0 aliphatic carbocycles. The number of hydrogen-bond acceptors (Lipinski definition) is 2. The third-order valence-electron chi connectivity index (χ3n) is 3.41. The highest BCUT2D eigenvalue weighted by atomic mass is 35.5. The number of ether oxygens (including phenoxy) is 1. The van der Waals surface area contributed by atoms with Crippen LogP contribution < -0.4 is 4.74 Å². The summed E-state index contributed by atoms with van der Waals surface area (Å²) in [6, 6.07) is 8.44. The number of nitrogens with zero attached hydrogens (tertiary/aromatic N) is 1. The molecule has 0 bridgehead atoms. The number of halogens is 2. The number of hydrogen-bond donors (Lipinski definition) is 0. The molecule has 0 aliphatic rings. The van der Waals surface area contributed by atoms with Crippen LogP contribution in [0.4, 0.5) is 4.39 Å². The van der Waals surface area contributed by atoms with Crippen LogP contribution in [0.15, 0.2) is 30.3 Å². The van der Waals surface area contributed by atoms with Gasteiger partial charge in [0, 0.05) is 11.6 Å².